The standard InChI is InChI=1S/C27H26N2O2/c1-16-9-11-21(12-10-16)24-25(28-23-8-6-7-19(4)20(23)5)27(31)29(26(24)30)22-14-17(2)13-18(3)15-22/h6-15,28H,1-5H3. The third kappa shape index (κ3) is 3.77. The van der Waals surface area contributed by atoms with Gasteiger partial charge in [-0.1, -0.05) is 48.0 Å². The minimum Gasteiger partial charge on any atom is -0.350 e. The lowest BCUT2D eigenvalue weighted by molar-refractivity contribution is -0.120. The van der Waals surface area contributed by atoms with E-state index in [4.69, 9.17) is 0 Å². The number of aryl methyl sites for hydroxylation is 4. The Morgan fingerprint density at radius 1 is 0.710 bits per heavy atom. The minimum atomic E-state index is -0.341. The van der Waals surface area contributed by atoms with Gasteiger partial charge in [-0.3, -0.25) is 9.59 Å². The summed E-state index contributed by atoms with van der Waals surface area (Å²) in [6.07, 6.45) is 0. The van der Waals surface area contributed by atoms with Crippen molar-refractivity contribution in [2.45, 2.75) is 34.6 Å². The highest BCUT2D eigenvalue weighted by Crippen LogP contribution is 2.35. The van der Waals surface area contributed by atoms with E-state index in [-0.39, 0.29) is 11.8 Å². The summed E-state index contributed by atoms with van der Waals surface area (Å²) in [7, 11) is 0. The molecule has 1 aliphatic rings. The number of nitrogens with one attached hydrogen (secondary N) is 1. The molecule has 1 N–H and O–H groups in total. The number of imide groups is 1. The molecule has 0 saturated carbocycles. The van der Waals surface area contributed by atoms with E-state index in [0.717, 1.165) is 39.1 Å². The number of amides is 2. The Kier molecular flexibility index (Phi) is 5.24. The van der Waals surface area contributed by atoms with Gasteiger partial charge in [0.05, 0.1) is 11.3 Å². The lowest BCUT2D eigenvalue weighted by Gasteiger charge is -2.17. The van der Waals surface area contributed by atoms with Gasteiger partial charge in [-0.2, -0.15) is 0 Å². The first kappa shape index (κ1) is 20.6. The molecule has 0 aromatic heterocycles. The molecule has 0 aliphatic carbocycles. The molecule has 0 unspecified atom stereocenters. The Labute approximate surface area is 183 Å². The van der Waals surface area contributed by atoms with Gasteiger partial charge in [-0.25, -0.2) is 4.90 Å². The van der Waals surface area contributed by atoms with Crippen molar-refractivity contribution in [1.82, 2.24) is 0 Å². The highest BCUT2D eigenvalue weighted by atomic mass is 16.2. The largest absolute Gasteiger partial charge is 0.350 e. The van der Waals surface area contributed by atoms with Crippen LogP contribution in [0.3, 0.4) is 0 Å². The second-order valence-corrected chi connectivity index (χ2v) is 8.28. The fraction of sp³-hybridized carbons (Fsp3) is 0.185. The fourth-order valence-corrected chi connectivity index (χ4v) is 3.97. The Bertz CT molecular complexity index is 1220. The highest BCUT2D eigenvalue weighted by Gasteiger charge is 2.40. The first-order valence-electron chi connectivity index (χ1n) is 10.4. The molecule has 1 heterocycles. The van der Waals surface area contributed by atoms with Gasteiger partial charge < -0.3 is 5.32 Å². The van der Waals surface area contributed by atoms with Crippen molar-refractivity contribution < 1.29 is 9.59 Å². The van der Waals surface area contributed by atoms with Gasteiger partial charge in [0.2, 0.25) is 0 Å². The van der Waals surface area contributed by atoms with Crippen molar-refractivity contribution in [2.75, 3.05) is 10.2 Å². The molecule has 4 rings (SSSR count). The molecule has 4 heteroatoms. The Balaban J connectivity index is 1.86. The minimum absolute atomic E-state index is 0.307. The van der Waals surface area contributed by atoms with Crippen LogP contribution in [0.2, 0.25) is 0 Å². The number of nitrogens with zero attached hydrogens (tertiary/aromatic N) is 1. The lowest BCUT2D eigenvalue weighted by Crippen LogP contribution is -2.32. The van der Waals surface area contributed by atoms with Gasteiger partial charge in [0.15, 0.2) is 0 Å². The number of benzene rings is 3. The molecule has 31 heavy (non-hydrogen) atoms. The highest BCUT2D eigenvalue weighted by molar-refractivity contribution is 6.46. The van der Waals surface area contributed by atoms with Crippen molar-refractivity contribution in [1.29, 1.82) is 0 Å². The van der Waals surface area contributed by atoms with Crippen molar-refractivity contribution >= 4 is 28.8 Å². The molecule has 2 amide bonds. The zero-order valence-corrected chi connectivity index (χ0v) is 18.5. The van der Waals surface area contributed by atoms with Gasteiger partial charge in [0, 0.05) is 5.69 Å². The predicted molar refractivity (Wildman–Crippen MR) is 126 cm³/mol. The smallest absolute Gasteiger partial charge is 0.282 e. The molecule has 4 nitrogen and oxygen atoms in total. The van der Waals surface area contributed by atoms with E-state index in [2.05, 4.69) is 5.32 Å². The molecule has 3 aromatic rings. The second kappa shape index (κ2) is 7.88. The number of anilines is 2. The second-order valence-electron chi connectivity index (χ2n) is 8.28. The van der Waals surface area contributed by atoms with Crippen molar-refractivity contribution in [3.8, 4) is 0 Å². The van der Waals surface area contributed by atoms with Crippen LogP contribution in [0.25, 0.3) is 5.57 Å². The number of hydrogen-bond acceptors (Lipinski definition) is 3. The van der Waals surface area contributed by atoms with Crippen molar-refractivity contribution in [3.05, 3.63) is 99.7 Å². The number of carbonyl (C=O) groups excluding carboxylic acids is 2. The van der Waals surface area contributed by atoms with Gasteiger partial charge in [0.25, 0.3) is 11.8 Å². The lowest BCUT2D eigenvalue weighted by atomic mass is 10.0. The normalized spacial score (nSPS) is 13.9. The van der Waals surface area contributed by atoms with Crippen LogP contribution in [0, 0.1) is 34.6 Å². The Hall–Kier alpha value is -3.66. The van der Waals surface area contributed by atoms with Crippen LogP contribution >= 0.6 is 0 Å². The van der Waals surface area contributed by atoms with Crippen LogP contribution in [0.1, 0.15) is 33.4 Å². The fourth-order valence-electron chi connectivity index (χ4n) is 3.97. The molecular formula is C27H26N2O2. The molecule has 0 atom stereocenters. The molecule has 0 saturated heterocycles. The van der Waals surface area contributed by atoms with Gasteiger partial charge in [-0.15, -0.1) is 0 Å². The van der Waals surface area contributed by atoms with E-state index in [1.807, 2.05) is 95.3 Å². The van der Waals surface area contributed by atoms with E-state index in [1.54, 1.807) is 0 Å². The van der Waals surface area contributed by atoms with E-state index in [1.165, 1.54) is 4.90 Å². The number of rotatable bonds is 4. The summed E-state index contributed by atoms with van der Waals surface area (Å²) in [5.74, 6) is -0.654. The van der Waals surface area contributed by atoms with Gasteiger partial charge in [-0.05, 0) is 80.6 Å². The summed E-state index contributed by atoms with van der Waals surface area (Å²) in [6.45, 7) is 9.96. The number of carbonyl (C=O) groups is 2. The van der Waals surface area contributed by atoms with E-state index < -0.39 is 0 Å². The summed E-state index contributed by atoms with van der Waals surface area (Å²) in [6, 6.07) is 19.4. The summed E-state index contributed by atoms with van der Waals surface area (Å²) < 4.78 is 0. The molecule has 0 fully saturated rings. The van der Waals surface area contributed by atoms with Crippen LogP contribution in [-0.2, 0) is 9.59 Å². The summed E-state index contributed by atoms with van der Waals surface area (Å²) in [5, 5.41) is 3.29. The number of hydrogen-bond donors (Lipinski definition) is 1. The Morgan fingerprint density at radius 2 is 1.35 bits per heavy atom. The Morgan fingerprint density at radius 3 is 2.00 bits per heavy atom. The first-order chi connectivity index (χ1) is 14.8. The summed E-state index contributed by atoms with van der Waals surface area (Å²) >= 11 is 0. The predicted octanol–water partition coefficient (Wildman–Crippen LogP) is 5.63. The topological polar surface area (TPSA) is 49.4 Å². The molecule has 3 aromatic carbocycles. The zero-order chi connectivity index (χ0) is 22.3. The van der Waals surface area contributed by atoms with Crippen LogP contribution in [0.4, 0.5) is 11.4 Å². The maximum atomic E-state index is 13.6. The maximum Gasteiger partial charge on any atom is 0.282 e. The van der Waals surface area contributed by atoms with Gasteiger partial charge in [0.1, 0.15) is 5.70 Å². The van der Waals surface area contributed by atoms with Crippen LogP contribution in [0.15, 0.2) is 66.4 Å². The zero-order valence-electron chi connectivity index (χ0n) is 18.5. The molecular weight excluding hydrogens is 384 g/mol. The average molecular weight is 411 g/mol. The average Bonchev–Trinajstić information content (AvgIpc) is 2.95. The molecule has 0 bridgehead atoms. The summed E-state index contributed by atoms with van der Waals surface area (Å²) in [5.41, 5.74) is 8.10. The van der Waals surface area contributed by atoms with E-state index in [9.17, 15) is 9.59 Å². The van der Waals surface area contributed by atoms with Crippen molar-refractivity contribution in [3.63, 3.8) is 0 Å². The quantitative estimate of drug-likeness (QED) is 0.568. The van der Waals surface area contributed by atoms with E-state index in [0.29, 0.717) is 17.0 Å². The summed E-state index contributed by atoms with van der Waals surface area (Å²) in [4.78, 5) is 28.4. The van der Waals surface area contributed by atoms with Crippen LogP contribution < -0.4 is 10.2 Å². The van der Waals surface area contributed by atoms with E-state index >= 15 is 0 Å². The third-order valence-electron chi connectivity index (χ3n) is 5.75. The monoisotopic (exact) mass is 410 g/mol. The molecule has 1 aliphatic heterocycles. The van der Waals surface area contributed by atoms with Crippen LogP contribution in [-0.4, -0.2) is 11.8 Å². The molecule has 156 valence electrons. The van der Waals surface area contributed by atoms with Gasteiger partial charge >= 0.3 is 0 Å². The molecule has 0 spiro atoms. The SMILES string of the molecule is Cc1ccc(C2=C(Nc3cccc(C)c3C)C(=O)N(c3cc(C)cc(C)c3)C2=O)cc1. The van der Waals surface area contributed by atoms with Crippen LogP contribution in [0.5, 0.6) is 0 Å². The maximum absolute atomic E-state index is 13.6. The first-order valence-corrected chi connectivity index (χ1v) is 10.4. The van der Waals surface area contributed by atoms with Crippen molar-refractivity contribution in [2.24, 2.45) is 0 Å². The molecule has 0 radical (unpaired) electrons. The third-order valence-corrected chi connectivity index (χ3v) is 5.75.